The molecule has 1 fully saturated rings. The first-order valence-corrected chi connectivity index (χ1v) is 6.93. The largest absolute Gasteiger partial charge is 0.495 e. The summed E-state index contributed by atoms with van der Waals surface area (Å²) in [4.78, 5) is 14.2. The van der Waals surface area contributed by atoms with Gasteiger partial charge in [-0.1, -0.05) is 18.5 Å². The molecule has 104 valence electrons. The van der Waals surface area contributed by atoms with Gasteiger partial charge in [-0.2, -0.15) is 0 Å². The molecule has 1 aromatic rings. The summed E-state index contributed by atoms with van der Waals surface area (Å²) in [5.41, 5.74) is 0.842. The van der Waals surface area contributed by atoms with Crippen molar-refractivity contribution in [2.24, 2.45) is 0 Å². The lowest BCUT2D eigenvalue weighted by molar-refractivity contribution is -0.121. The zero-order valence-electron chi connectivity index (χ0n) is 11.3. The number of piperidine rings is 1. The van der Waals surface area contributed by atoms with Crippen LogP contribution in [0.25, 0.3) is 0 Å². The molecular weight excluding hydrogens is 264 g/mol. The first-order chi connectivity index (χ1) is 9.17. The quantitative estimate of drug-likeness (QED) is 0.922. The highest BCUT2D eigenvalue weighted by molar-refractivity contribution is 6.32. The molecule has 1 heterocycles. The standard InChI is InChI=1S/C14H19ClN2O2/c1-3-16-12-5-4-8-17(14(12)18)10-6-7-11(15)13(9-10)19-2/h6-7,9,12,16H,3-5,8H2,1-2H3. The molecule has 0 saturated carbocycles. The van der Waals surface area contributed by atoms with E-state index in [1.807, 2.05) is 19.1 Å². The summed E-state index contributed by atoms with van der Waals surface area (Å²) >= 11 is 6.01. The van der Waals surface area contributed by atoms with E-state index >= 15 is 0 Å². The van der Waals surface area contributed by atoms with Crippen LogP contribution in [0, 0.1) is 0 Å². The number of rotatable bonds is 4. The number of methoxy groups -OCH3 is 1. The minimum atomic E-state index is -0.0829. The molecule has 1 unspecified atom stereocenters. The van der Waals surface area contributed by atoms with E-state index in [-0.39, 0.29) is 11.9 Å². The normalized spacial score (nSPS) is 19.6. The molecule has 1 N–H and O–H groups in total. The number of likely N-dealkylation sites (N-methyl/N-ethyl adjacent to an activating group) is 1. The second-order valence-electron chi connectivity index (χ2n) is 4.56. The topological polar surface area (TPSA) is 41.6 Å². The zero-order chi connectivity index (χ0) is 13.8. The number of hydrogen-bond donors (Lipinski definition) is 1. The van der Waals surface area contributed by atoms with Crippen LogP contribution in [0.2, 0.25) is 5.02 Å². The van der Waals surface area contributed by atoms with Crippen LogP contribution in [0.1, 0.15) is 19.8 Å². The smallest absolute Gasteiger partial charge is 0.244 e. The fourth-order valence-electron chi connectivity index (χ4n) is 2.38. The fraction of sp³-hybridized carbons (Fsp3) is 0.500. The molecule has 19 heavy (non-hydrogen) atoms. The number of carbonyl (C=O) groups excluding carboxylic acids is 1. The van der Waals surface area contributed by atoms with Gasteiger partial charge in [0.2, 0.25) is 5.91 Å². The number of nitrogens with zero attached hydrogens (tertiary/aromatic N) is 1. The number of amides is 1. The van der Waals surface area contributed by atoms with E-state index in [9.17, 15) is 4.79 Å². The molecule has 4 nitrogen and oxygen atoms in total. The fourth-order valence-corrected chi connectivity index (χ4v) is 2.58. The lowest BCUT2D eigenvalue weighted by Crippen LogP contribution is -2.50. The van der Waals surface area contributed by atoms with Crippen molar-refractivity contribution in [2.45, 2.75) is 25.8 Å². The van der Waals surface area contributed by atoms with Crippen LogP contribution in [0.5, 0.6) is 5.75 Å². The predicted molar refractivity (Wildman–Crippen MR) is 77.1 cm³/mol. The van der Waals surface area contributed by atoms with Crippen LogP contribution < -0.4 is 15.0 Å². The second-order valence-corrected chi connectivity index (χ2v) is 4.97. The van der Waals surface area contributed by atoms with Crippen LogP contribution >= 0.6 is 11.6 Å². The van der Waals surface area contributed by atoms with E-state index in [0.717, 1.165) is 31.6 Å². The summed E-state index contributed by atoms with van der Waals surface area (Å²) in [7, 11) is 1.57. The summed E-state index contributed by atoms with van der Waals surface area (Å²) in [5, 5.41) is 3.78. The molecule has 2 rings (SSSR count). The SMILES string of the molecule is CCNC1CCCN(c2ccc(Cl)c(OC)c2)C1=O. The third kappa shape index (κ3) is 3.01. The molecule has 0 radical (unpaired) electrons. The molecule has 0 aromatic heterocycles. The van der Waals surface area contributed by atoms with E-state index < -0.39 is 0 Å². The van der Waals surface area contributed by atoms with Crippen molar-refractivity contribution < 1.29 is 9.53 Å². The lowest BCUT2D eigenvalue weighted by atomic mass is 10.0. The maximum Gasteiger partial charge on any atom is 0.244 e. The average molecular weight is 283 g/mol. The highest BCUT2D eigenvalue weighted by atomic mass is 35.5. The van der Waals surface area contributed by atoms with Crippen molar-refractivity contribution in [1.29, 1.82) is 0 Å². The Balaban J connectivity index is 2.23. The maximum absolute atomic E-state index is 12.4. The number of carbonyl (C=O) groups is 1. The van der Waals surface area contributed by atoms with Gasteiger partial charge < -0.3 is 15.0 Å². The van der Waals surface area contributed by atoms with Crippen molar-refractivity contribution in [3.8, 4) is 5.75 Å². The van der Waals surface area contributed by atoms with Crippen LogP contribution in [0.3, 0.4) is 0 Å². The summed E-state index contributed by atoms with van der Waals surface area (Å²) < 4.78 is 5.20. The molecule has 5 heteroatoms. The summed E-state index contributed by atoms with van der Waals surface area (Å²) in [5.74, 6) is 0.718. The number of nitrogens with one attached hydrogen (secondary N) is 1. The van der Waals surface area contributed by atoms with Gasteiger partial charge in [0.05, 0.1) is 18.2 Å². The lowest BCUT2D eigenvalue weighted by Gasteiger charge is -2.32. The molecule has 0 bridgehead atoms. The summed E-state index contributed by atoms with van der Waals surface area (Å²) in [6.45, 7) is 3.55. The molecule has 1 aromatic carbocycles. The Morgan fingerprint density at radius 2 is 2.32 bits per heavy atom. The van der Waals surface area contributed by atoms with Crippen LogP contribution in [0.4, 0.5) is 5.69 Å². The van der Waals surface area contributed by atoms with E-state index in [1.165, 1.54) is 0 Å². The van der Waals surface area contributed by atoms with Crippen molar-refractivity contribution in [3.05, 3.63) is 23.2 Å². The summed E-state index contributed by atoms with van der Waals surface area (Å²) in [6, 6.07) is 5.35. The minimum Gasteiger partial charge on any atom is -0.495 e. The Kier molecular flexibility index (Phi) is 4.66. The van der Waals surface area contributed by atoms with Crippen molar-refractivity contribution >= 4 is 23.2 Å². The Bertz CT molecular complexity index is 463. The first-order valence-electron chi connectivity index (χ1n) is 6.55. The van der Waals surface area contributed by atoms with Crippen molar-refractivity contribution in [2.75, 3.05) is 25.1 Å². The predicted octanol–water partition coefficient (Wildman–Crippen LogP) is 2.45. The van der Waals surface area contributed by atoms with Gasteiger partial charge in [-0.05, 0) is 31.5 Å². The van der Waals surface area contributed by atoms with Gasteiger partial charge in [0.25, 0.3) is 0 Å². The number of halogens is 1. The zero-order valence-corrected chi connectivity index (χ0v) is 12.0. The van der Waals surface area contributed by atoms with E-state index in [1.54, 1.807) is 18.1 Å². The molecule has 0 aliphatic carbocycles. The second kappa shape index (κ2) is 6.26. The minimum absolute atomic E-state index is 0.0829. The van der Waals surface area contributed by atoms with Gasteiger partial charge in [-0.25, -0.2) is 0 Å². The van der Waals surface area contributed by atoms with E-state index in [0.29, 0.717) is 10.8 Å². The molecule has 1 aliphatic rings. The monoisotopic (exact) mass is 282 g/mol. The highest BCUT2D eigenvalue weighted by Crippen LogP contribution is 2.31. The third-order valence-corrected chi connectivity index (χ3v) is 3.65. The van der Waals surface area contributed by atoms with Gasteiger partial charge in [0.1, 0.15) is 5.75 Å². The van der Waals surface area contributed by atoms with Gasteiger partial charge in [0, 0.05) is 18.3 Å². The maximum atomic E-state index is 12.4. The molecule has 0 spiro atoms. The Hall–Kier alpha value is -1.26. The number of benzene rings is 1. The van der Waals surface area contributed by atoms with Crippen molar-refractivity contribution in [3.63, 3.8) is 0 Å². The van der Waals surface area contributed by atoms with E-state index in [4.69, 9.17) is 16.3 Å². The number of ether oxygens (including phenoxy) is 1. The van der Waals surface area contributed by atoms with Gasteiger partial charge in [-0.3, -0.25) is 4.79 Å². The Labute approximate surface area is 118 Å². The molecule has 1 aliphatic heterocycles. The van der Waals surface area contributed by atoms with Crippen LogP contribution in [-0.4, -0.2) is 32.1 Å². The van der Waals surface area contributed by atoms with Gasteiger partial charge >= 0.3 is 0 Å². The van der Waals surface area contributed by atoms with Gasteiger partial charge in [0.15, 0.2) is 0 Å². The van der Waals surface area contributed by atoms with Crippen LogP contribution in [0.15, 0.2) is 18.2 Å². The highest BCUT2D eigenvalue weighted by Gasteiger charge is 2.29. The third-order valence-electron chi connectivity index (χ3n) is 3.34. The van der Waals surface area contributed by atoms with Gasteiger partial charge in [-0.15, -0.1) is 0 Å². The molecule has 1 atom stereocenters. The van der Waals surface area contributed by atoms with E-state index in [2.05, 4.69) is 5.32 Å². The molecule has 1 saturated heterocycles. The van der Waals surface area contributed by atoms with Crippen molar-refractivity contribution in [1.82, 2.24) is 5.32 Å². The average Bonchev–Trinajstić information content (AvgIpc) is 2.42. The molecular formula is C14H19ClN2O2. The number of anilines is 1. The Morgan fingerprint density at radius 1 is 1.53 bits per heavy atom. The molecule has 1 amide bonds. The Morgan fingerprint density at radius 3 is 3.00 bits per heavy atom. The number of hydrogen-bond acceptors (Lipinski definition) is 3. The first kappa shape index (κ1) is 14.2. The summed E-state index contributed by atoms with van der Waals surface area (Å²) in [6.07, 6.45) is 1.89. The van der Waals surface area contributed by atoms with Crippen LogP contribution in [-0.2, 0) is 4.79 Å².